The molecule has 0 saturated carbocycles. The monoisotopic (exact) mass is 275 g/mol. The highest BCUT2D eigenvalue weighted by Gasteiger charge is 2.10. The summed E-state index contributed by atoms with van der Waals surface area (Å²) in [5.74, 6) is 1.69. The fourth-order valence-corrected chi connectivity index (χ4v) is 2.15. The van der Waals surface area contributed by atoms with Gasteiger partial charge in [-0.2, -0.15) is 5.10 Å². The van der Waals surface area contributed by atoms with E-state index in [9.17, 15) is 5.11 Å². The number of hydrogen-bond acceptors (Lipinski definition) is 4. The molecule has 1 aromatic carbocycles. The van der Waals surface area contributed by atoms with Crippen LogP contribution in [0.15, 0.2) is 30.6 Å². The number of hydrogen-bond donors (Lipinski definition) is 1. The minimum absolute atomic E-state index is 0.397. The minimum atomic E-state index is -0.397. The number of rotatable bonds is 7. The van der Waals surface area contributed by atoms with Gasteiger partial charge in [-0.3, -0.25) is 4.68 Å². The fraction of sp³-hybridized carbons (Fsp3) is 0.467. The lowest BCUT2D eigenvalue weighted by molar-refractivity contribution is 0.161. The molecule has 108 valence electrons. The molecule has 1 N–H and O–H groups in total. The predicted octanol–water partition coefficient (Wildman–Crippen LogP) is 1.84. The normalized spacial score (nSPS) is 12.3. The SMILES string of the molecule is CCn1ncnc1CC(O)CCc1ccc(OC)cc1. The van der Waals surface area contributed by atoms with Crippen molar-refractivity contribution in [2.45, 2.75) is 38.8 Å². The Morgan fingerprint density at radius 1 is 1.30 bits per heavy atom. The molecule has 0 bridgehead atoms. The van der Waals surface area contributed by atoms with E-state index in [4.69, 9.17) is 4.74 Å². The Balaban J connectivity index is 1.83. The molecular formula is C15H21N3O2. The Bertz CT molecular complexity index is 522. The van der Waals surface area contributed by atoms with Gasteiger partial charge in [0.1, 0.15) is 17.9 Å². The second kappa shape index (κ2) is 7.05. The standard InChI is InChI=1S/C15H21N3O2/c1-3-18-15(16-11-17-18)10-13(19)7-4-12-5-8-14(20-2)9-6-12/h5-6,8-9,11,13,19H,3-4,7,10H2,1-2H3. The van der Waals surface area contributed by atoms with Gasteiger partial charge in [-0.15, -0.1) is 0 Å². The Kier molecular flexibility index (Phi) is 5.12. The van der Waals surface area contributed by atoms with E-state index in [-0.39, 0.29) is 0 Å². The van der Waals surface area contributed by atoms with E-state index in [0.29, 0.717) is 12.8 Å². The van der Waals surface area contributed by atoms with Crippen LogP contribution >= 0.6 is 0 Å². The molecule has 0 radical (unpaired) electrons. The largest absolute Gasteiger partial charge is 0.497 e. The van der Waals surface area contributed by atoms with Crippen molar-refractivity contribution in [3.05, 3.63) is 42.0 Å². The topological polar surface area (TPSA) is 60.2 Å². The van der Waals surface area contributed by atoms with E-state index in [2.05, 4.69) is 10.1 Å². The van der Waals surface area contributed by atoms with Gasteiger partial charge in [0.25, 0.3) is 0 Å². The quantitative estimate of drug-likeness (QED) is 0.837. The van der Waals surface area contributed by atoms with E-state index in [1.165, 1.54) is 11.9 Å². The first kappa shape index (κ1) is 14.5. The van der Waals surface area contributed by atoms with Crippen molar-refractivity contribution in [1.82, 2.24) is 14.8 Å². The van der Waals surface area contributed by atoms with Gasteiger partial charge in [-0.05, 0) is 37.5 Å². The molecule has 1 heterocycles. The molecule has 0 fully saturated rings. The highest BCUT2D eigenvalue weighted by atomic mass is 16.5. The van der Waals surface area contributed by atoms with Gasteiger partial charge in [0.05, 0.1) is 13.2 Å². The maximum absolute atomic E-state index is 10.1. The van der Waals surface area contributed by atoms with E-state index in [0.717, 1.165) is 24.5 Å². The van der Waals surface area contributed by atoms with Crippen LogP contribution in [0.25, 0.3) is 0 Å². The van der Waals surface area contributed by atoms with Crippen LogP contribution in [0.1, 0.15) is 24.7 Å². The first-order valence-corrected chi connectivity index (χ1v) is 6.90. The highest BCUT2D eigenvalue weighted by molar-refractivity contribution is 5.27. The summed E-state index contributed by atoms with van der Waals surface area (Å²) in [5.41, 5.74) is 1.20. The molecule has 0 aliphatic carbocycles. The average molecular weight is 275 g/mol. The molecule has 2 aromatic rings. The number of aliphatic hydroxyl groups is 1. The average Bonchev–Trinajstić information content (AvgIpc) is 2.92. The van der Waals surface area contributed by atoms with Crippen molar-refractivity contribution >= 4 is 0 Å². The molecule has 0 spiro atoms. The highest BCUT2D eigenvalue weighted by Crippen LogP contribution is 2.14. The fourth-order valence-electron chi connectivity index (χ4n) is 2.15. The summed E-state index contributed by atoms with van der Waals surface area (Å²) in [6.45, 7) is 2.79. The van der Waals surface area contributed by atoms with Gasteiger partial charge in [-0.1, -0.05) is 12.1 Å². The van der Waals surface area contributed by atoms with Crippen LogP contribution in [0.2, 0.25) is 0 Å². The zero-order chi connectivity index (χ0) is 14.4. The number of ether oxygens (including phenoxy) is 1. The third-order valence-electron chi connectivity index (χ3n) is 3.34. The number of aliphatic hydroxyl groups excluding tert-OH is 1. The Labute approximate surface area is 119 Å². The molecule has 0 aliphatic rings. The molecule has 1 atom stereocenters. The van der Waals surface area contributed by atoms with Crippen molar-refractivity contribution in [3.8, 4) is 5.75 Å². The Hall–Kier alpha value is -1.88. The van der Waals surface area contributed by atoms with E-state index < -0.39 is 6.10 Å². The summed E-state index contributed by atoms with van der Waals surface area (Å²) in [5, 5.41) is 14.2. The van der Waals surface area contributed by atoms with Crippen LogP contribution in [0, 0.1) is 0 Å². The zero-order valence-corrected chi connectivity index (χ0v) is 12.0. The molecule has 5 heteroatoms. The molecule has 5 nitrogen and oxygen atoms in total. The smallest absolute Gasteiger partial charge is 0.138 e. The van der Waals surface area contributed by atoms with Crippen LogP contribution < -0.4 is 4.74 Å². The summed E-state index contributed by atoms with van der Waals surface area (Å²) < 4.78 is 6.94. The number of benzene rings is 1. The van der Waals surface area contributed by atoms with Crippen LogP contribution in [-0.2, 0) is 19.4 Å². The van der Waals surface area contributed by atoms with Crippen molar-refractivity contribution in [2.24, 2.45) is 0 Å². The molecule has 0 amide bonds. The van der Waals surface area contributed by atoms with Gasteiger partial charge in [0.2, 0.25) is 0 Å². The predicted molar refractivity (Wildman–Crippen MR) is 76.7 cm³/mol. The number of methoxy groups -OCH3 is 1. The van der Waals surface area contributed by atoms with Crippen molar-refractivity contribution in [3.63, 3.8) is 0 Å². The minimum Gasteiger partial charge on any atom is -0.497 e. The number of nitrogens with zero attached hydrogens (tertiary/aromatic N) is 3. The molecule has 20 heavy (non-hydrogen) atoms. The van der Waals surface area contributed by atoms with Crippen LogP contribution in [-0.4, -0.2) is 33.1 Å². The van der Waals surface area contributed by atoms with Crippen LogP contribution in [0.4, 0.5) is 0 Å². The molecular weight excluding hydrogens is 254 g/mol. The lowest BCUT2D eigenvalue weighted by Gasteiger charge is -2.11. The summed E-state index contributed by atoms with van der Waals surface area (Å²) in [4.78, 5) is 4.18. The van der Waals surface area contributed by atoms with E-state index >= 15 is 0 Å². The molecule has 1 aromatic heterocycles. The van der Waals surface area contributed by atoms with E-state index in [1.807, 2.05) is 35.9 Å². The molecule has 1 unspecified atom stereocenters. The second-order valence-corrected chi connectivity index (χ2v) is 4.74. The third kappa shape index (κ3) is 3.81. The first-order valence-electron chi connectivity index (χ1n) is 6.90. The van der Waals surface area contributed by atoms with Crippen molar-refractivity contribution in [2.75, 3.05) is 7.11 Å². The molecule has 0 aliphatic heterocycles. The van der Waals surface area contributed by atoms with Crippen LogP contribution in [0.3, 0.4) is 0 Å². The summed E-state index contributed by atoms with van der Waals surface area (Å²) in [6, 6.07) is 7.94. The van der Waals surface area contributed by atoms with Gasteiger partial charge in [0, 0.05) is 13.0 Å². The Morgan fingerprint density at radius 2 is 2.05 bits per heavy atom. The van der Waals surface area contributed by atoms with Gasteiger partial charge < -0.3 is 9.84 Å². The third-order valence-corrected chi connectivity index (χ3v) is 3.34. The van der Waals surface area contributed by atoms with Gasteiger partial charge in [0.15, 0.2) is 0 Å². The summed E-state index contributed by atoms with van der Waals surface area (Å²) in [7, 11) is 1.66. The van der Waals surface area contributed by atoms with Crippen molar-refractivity contribution < 1.29 is 9.84 Å². The lowest BCUT2D eigenvalue weighted by atomic mass is 10.0. The van der Waals surface area contributed by atoms with Crippen LogP contribution in [0.5, 0.6) is 5.75 Å². The second-order valence-electron chi connectivity index (χ2n) is 4.74. The Morgan fingerprint density at radius 3 is 2.70 bits per heavy atom. The van der Waals surface area contributed by atoms with Gasteiger partial charge in [-0.25, -0.2) is 4.98 Å². The zero-order valence-electron chi connectivity index (χ0n) is 12.0. The van der Waals surface area contributed by atoms with Gasteiger partial charge >= 0.3 is 0 Å². The molecule has 0 saturated heterocycles. The summed E-state index contributed by atoms with van der Waals surface area (Å²) in [6.07, 6.45) is 3.24. The van der Waals surface area contributed by atoms with E-state index in [1.54, 1.807) is 7.11 Å². The number of aromatic nitrogens is 3. The van der Waals surface area contributed by atoms with Crippen molar-refractivity contribution in [1.29, 1.82) is 0 Å². The summed E-state index contributed by atoms with van der Waals surface area (Å²) >= 11 is 0. The molecule has 2 rings (SSSR count). The maximum Gasteiger partial charge on any atom is 0.138 e. The maximum atomic E-state index is 10.1. The number of aryl methyl sites for hydroxylation is 2. The lowest BCUT2D eigenvalue weighted by Crippen LogP contribution is -2.16. The first-order chi connectivity index (χ1) is 9.72.